The molecule has 1 N–H and O–H groups in total. The lowest BCUT2D eigenvalue weighted by atomic mass is 9.92. The first-order chi connectivity index (χ1) is 6.95. The zero-order valence-corrected chi connectivity index (χ0v) is 11.1. The molecule has 0 aromatic heterocycles. The monoisotopic (exact) mass is 212 g/mol. The summed E-state index contributed by atoms with van der Waals surface area (Å²) in [5, 5.41) is 8.88. The van der Waals surface area contributed by atoms with Gasteiger partial charge in [0.25, 0.3) is 0 Å². The van der Waals surface area contributed by atoms with E-state index in [1.54, 1.807) is 5.57 Å². The van der Waals surface area contributed by atoms with Crippen molar-refractivity contribution in [1.29, 1.82) is 0 Å². The zero-order chi connectivity index (χ0) is 11.8. The van der Waals surface area contributed by atoms with Crippen molar-refractivity contribution >= 4 is 0 Å². The molecule has 0 aliphatic rings. The molecular formula is C14H28O. The molecule has 0 aromatic rings. The van der Waals surface area contributed by atoms with Crippen LogP contribution in [0.4, 0.5) is 0 Å². The SMILES string of the molecule is CC(C)CC(=CC(C)CCO)CC(C)C. The molecule has 0 saturated heterocycles. The normalized spacial score (nSPS) is 13.3. The maximum atomic E-state index is 8.88. The van der Waals surface area contributed by atoms with Crippen molar-refractivity contribution in [1.82, 2.24) is 0 Å². The van der Waals surface area contributed by atoms with Gasteiger partial charge in [-0.3, -0.25) is 0 Å². The Labute approximate surface area is 95.6 Å². The van der Waals surface area contributed by atoms with E-state index >= 15 is 0 Å². The number of allylic oxidation sites excluding steroid dienone is 2. The number of aliphatic hydroxyl groups is 1. The Morgan fingerprint density at radius 2 is 1.47 bits per heavy atom. The van der Waals surface area contributed by atoms with Crippen LogP contribution in [0.25, 0.3) is 0 Å². The van der Waals surface area contributed by atoms with Gasteiger partial charge in [-0.1, -0.05) is 46.3 Å². The Morgan fingerprint density at radius 3 is 1.80 bits per heavy atom. The fourth-order valence-electron chi connectivity index (χ4n) is 1.96. The summed E-state index contributed by atoms with van der Waals surface area (Å²) < 4.78 is 0. The molecule has 0 saturated carbocycles. The van der Waals surface area contributed by atoms with Crippen LogP contribution in [0.3, 0.4) is 0 Å². The van der Waals surface area contributed by atoms with E-state index in [2.05, 4.69) is 40.7 Å². The molecule has 0 bridgehead atoms. The van der Waals surface area contributed by atoms with Gasteiger partial charge in [0.2, 0.25) is 0 Å². The van der Waals surface area contributed by atoms with Crippen LogP contribution in [0.5, 0.6) is 0 Å². The molecular weight excluding hydrogens is 184 g/mol. The molecule has 0 heterocycles. The highest BCUT2D eigenvalue weighted by Crippen LogP contribution is 2.21. The first-order valence-electron chi connectivity index (χ1n) is 6.26. The molecule has 0 fully saturated rings. The first kappa shape index (κ1) is 14.7. The highest BCUT2D eigenvalue weighted by Gasteiger charge is 2.06. The molecule has 90 valence electrons. The lowest BCUT2D eigenvalue weighted by Crippen LogP contribution is -2.01. The van der Waals surface area contributed by atoms with E-state index in [1.165, 1.54) is 12.8 Å². The Morgan fingerprint density at radius 1 is 1.00 bits per heavy atom. The van der Waals surface area contributed by atoms with Gasteiger partial charge in [-0.05, 0) is 37.0 Å². The van der Waals surface area contributed by atoms with Crippen molar-refractivity contribution in [2.75, 3.05) is 6.61 Å². The maximum absolute atomic E-state index is 8.88. The molecule has 15 heavy (non-hydrogen) atoms. The van der Waals surface area contributed by atoms with Crippen LogP contribution in [0, 0.1) is 17.8 Å². The Balaban J connectivity index is 4.31. The fraction of sp³-hybridized carbons (Fsp3) is 0.857. The summed E-state index contributed by atoms with van der Waals surface area (Å²) in [6, 6.07) is 0. The summed E-state index contributed by atoms with van der Waals surface area (Å²) in [4.78, 5) is 0. The maximum Gasteiger partial charge on any atom is 0.0436 e. The molecule has 1 heteroatoms. The fourth-order valence-corrected chi connectivity index (χ4v) is 1.96. The van der Waals surface area contributed by atoms with E-state index in [4.69, 9.17) is 5.11 Å². The minimum atomic E-state index is 0.300. The van der Waals surface area contributed by atoms with Crippen molar-refractivity contribution in [3.8, 4) is 0 Å². The minimum absolute atomic E-state index is 0.300. The summed E-state index contributed by atoms with van der Waals surface area (Å²) in [5.41, 5.74) is 1.57. The third-order valence-electron chi connectivity index (χ3n) is 2.45. The molecule has 0 amide bonds. The van der Waals surface area contributed by atoms with Crippen LogP contribution in [0.2, 0.25) is 0 Å². The highest BCUT2D eigenvalue weighted by molar-refractivity contribution is 5.05. The zero-order valence-electron chi connectivity index (χ0n) is 11.1. The van der Waals surface area contributed by atoms with Gasteiger partial charge < -0.3 is 5.11 Å². The third kappa shape index (κ3) is 8.68. The average molecular weight is 212 g/mol. The van der Waals surface area contributed by atoms with Crippen LogP contribution >= 0.6 is 0 Å². The second kappa shape index (κ2) is 7.92. The van der Waals surface area contributed by atoms with E-state index < -0.39 is 0 Å². The van der Waals surface area contributed by atoms with Crippen molar-refractivity contribution in [2.45, 2.75) is 53.9 Å². The van der Waals surface area contributed by atoms with Crippen LogP contribution in [-0.4, -0.2) is 11.7 Å². The molecule has 1 atom stereocenters. The predicted molar refractivity (Wildman–Crippen MR) is 67.9 cm³/mol. The van der Waals surface area contributed by atoms with E-state index in [9.17, 15) is 0 Å². The highest BCUT2D eigenvalue weighted by atomic mass is 16.2. The largest absolute Gasteiger partial charge is 0.396 e. The van der Waals surface area contributed by atoms with E-state index in [0.717, 1.165) is 18.3 Å². The van der Waals surface area contributed by atoms with Crippen LogP contribution in [0.15, 0.2) is 11.6 Å². The lowest BCUT2D eigenvalue weighted by Gasteiger charge is -2.15. The second-order valence-corrected chi connectivity index (χ2v) is 5.51. The van der Waals surface area contributed by atoms with Gasteiger partial charge in [0.05, 0.1) is 0 Å². The minimum Gasteiger partial charge on any atom is -0.396 e. The number of aliphatic hydroxyl groups excluding tert-OH is 1. The summed E-state index contributed by atoms with van der Waals surface area (Å²) >= 11 is 0. The quantitative estimate of drug-likeness (QED) is 0.632. The lowest BCUT2D eigenvalue weighted by molar-refractivity contribution is 0.273. The standard InChI is InChI=1S/C14H28O/c1-11(2)8-14(9-12(3)4)10-13(5)6-7-15/h10-13,15H,6-9H2,1-5H3. The van der Waals surface area contributed by atoms with Crippen molar-refractivity contribution in [2.24, 2.45) is 17.8 Å². The van der Waals surface area contributed by atoms with Gasteiger partial charge in [0, 0.05) is 6.61 Å². The summed E-state index contributed by atoms with van der Waals surface area (Å²) in [7, 11) is 0. The Kier molecular flexibility index (Phi) is 7.76. The predicted octanol–water partition coefficient (Wildman–Crippen LogP) is 4.02. The molecule has 0 rings (SSSR count). The smallest absolute Gasteiger partial charge is 0.0436 e. The number of hydrogen-bond donors (Lipinski definition) is 1. The molecule has 0 aliphatic heterocycles. The van der Waals surface area contributed by atoms with Gasteiger partial charge in [-0.15, -0.1) is 0 Å². The van der Waals surface area contributed by atoms with Crippen molar-refractivity contribution in [3.63, 3.8) is 0 Å². The van der Waals surface area contributed by atoms with Crippen molar-refractivity contribution < 1.29 is 5.11 Å². The molecule has 0 spiro atoms. The molecule has 0 radical (unpaired) electrons. The summed E-state index contributed by atoms with van der Waals surface area (Å²) in [6.07, 6.45) is 5.66. The summed E-state index contributed by atoms with van der Waals surface area (Å²) in [5.74, 6) is 1.98. The van der Waals surface area contributed by atoms with E-state index in [-0.39, 0.29) is 0 Å². The van der Waals surface area contributed by atoms with Crippen LogP contribution in [0.1, 0.15) is 53.9 Å². The molecule has 0 aromatic carbocycles. The Hall–Kier alpha value is -0.300. The third-order valence-corrected chi connectivity index (χ3v) is 2.45. The topological polar surface area (TPSA) is 20.2 Å². The van der Waals surface area contributed by atoms with Crippen molar-refractivity contribution in [3.05, 3.63) is 11.6 Å². The average Bonchev–Trinajstić information content (AvgIpc) is 2.00. The number of rotatable bonds is 7. The molecule has 1 unspecified atom stereocenters. The van der Waals surface area contributed by atoms with Gasteiger partial charge in [-0.2, -0.15) is 0 Å². The Bertz CT molecular complexity index is 168. The molecule has 1 nitrogen and oxygen atoms in total. The second-order valence-electron chi connectivity index (χ2n) is 5.51. The number of hydrogen-bond acceptors (Lipinski definition) is 1. The summed E-state index contributed by atoms with van der Waals surface area (Å²) in [6.45, 7) is 11.6. The van der Waals surface area contributed by atoms with Gasteiger partial charge >= 0.3 is 0 Å². The van der Waals surface area contributed by atoms with Gasteiger partial charge in [0.1, 0.15) is 0 Å². The molecule has 0 aliphatic carbocycles. The van der Waals surface area contributed by atoms with E-state index in [1.807, 2.05) is 0 Å². The van der Waals surface area contributed by atoms with Crippen LogP contribution in [-0.2, 0) is 0 Å². The van der Waals surface area contributed by atoms with Crippen LogP contribution < -0.4 is 0 Å². The van der Waals surface area contributed by atoms with Gasteiger partial charge in [-0.25, -0.2) is 0 Å². The van der Waals surface area contributed by atoms with Gasteiger partial charge in [0.15, 0.2) is 0 Å². The first-order valence-corrected chi connectivity index (χ1v) is 6.26. The van der Waals surface area contributed by atoms with E-state index in [0.29, 0.717) is 12.5 Å².